The van der Waals surface area contributed by atoms with Crippen LogP contribution in [0.5, 0.6) is 0 Å². The number of aliphatic hydroxyl groups is 1. The van der Waals surface area contributed by atoms with Gasteiger partial charge in [-0.25, -0.2) is 0 Å². The molecule has 2 heteroatoms. The molecule has 44 valence electrons. The monoisotopic (exact) mass is 281 g/mol. The summed E-state index contributed by atoms with van der Waals surface area (Å²) in [5.74, 6) is 0. The molecule has 8 heavy (non-hydrogen) atoms. The summed E-state index contributed by atoms with van der Waals surface area (Å²) in [6.45, 7) is 1.89. The van der Waals surface area contributed by atoms with Gasteiger partial charge in [0.25, 0.3) is 0 Å². The first-order valence-electron chi connectivity index (χ1n) is 2.47. The zero-order valence-electron chi connectivity index (χ0n) is 4.79. The van der Waals surface area contributed by atoms with E-state index >= 15 is 0 Å². The predicted molar refractivity (Wildman–Crippen MR) is 29.3 cm³/mol. The molecule has 1 N–H and O–H groups in total. The van der Waals surface area contributed by atoms with Crippen molar-refractivity contribution < 1.29 is 24.3 Å². The fourth-order valence-corrected chi connectivity index (χ4v) is 0.989. The minimum absolute atomic E-state index is 0.308. The van der Waals surface area contributed by atoms with Crippen LogP contribution < -0.4 is 0 Å². The van der Waals surface area contributed by atoms with Gasteiger partial charge in [0, 0.05) is 0 Å². The topological polar surface area (TPSA) is 20.2 Å². The molecule has 0 radical (unpaired) electrons. The Morgan fingerprint density at radius 2 is 2.50 bits per heavy atom. The standard InChI is InChI=1S/C6H9O.W/c1-3-5-6(7)4-2;/h3,5-7H,4H2,1H3;/q;+1/b5-3+;. The molecule has 0 aromatic heterocycles. The van der Waals surface area contributed by atoms with Crippen molar-refractivity contribution in [2.45, 2.75) is 19.4 Å². The van der Waals surface area contributed by atoms with Gasteiger partial charge in [-0.1, -0.05) is 0 Å². The summed E-state index contributed by atoms with van der Waals surface area (Å²) in [6.07, 6.45) is 3.96. The average Bonchev–Trinajstić information content (AvgIpc) is 1.68. The molecule has 1 unspecified atom stereocenters. The minimum atomic E-state index is -0.308. The molecule has 0 fully saturated rings. The van der Waals surface area contributed by atoms with Crippen LogP contribution >= 0.6 is 0 Å². The quantitative estimate of drug-likeness (QED) is 0.743. The third-order valence-electron chi connectivity index (χ3n) is 0.707. The number of allylic oxidation sites excluding steroid dienone is 1. The van der Waals surface area contributed by atoms with Gasteiger partial charge < -0.3 is 0 Å². The van der Waals surface area contributed by atoms with Crippen LogP contribution in [0.2, 0.25) is 0 Å². The second-order valence-corrected chi connectivity index (χ2v) is 2.48. The molecule has 0 aliphatic heterocycles. The van der Waals surface area contributed by atoms with E-state index in [1.54, 1.807) is 6.08 Å². The van der Waals surface area contributed by atoms with Gasteiger partial charge in [-0.05, 0) is 0 Å². The third kappa shape index (κ3) is 4.33. The van der Waals surface area contributed by atoms with Crippen molar-refractivity contribution in [2.75, 3.05) is 0 Å². The first kappa shape index (κ1) is 8.17. The van der Waals surface area contributed by atoms with Crippen LogP contribution in [0.4, 0.5) is 0 Å². The molecule has 0 heterocycles. The predicted octanol–water partition coefficient (Wildman–Crippen LogP) is 0.819. The van der Waals surface area contributed by atoms with E-state index < -0.39 is 0 Å². The Morgan fingerprint density at radius 1 is 1.88 bits per heavy atom. The van der Waals surface area contributed by atoms with Crippen molar-refractivity contribution in [3.05, 3.63) is 12.2 Å². The van der Waals surface area contributed by atoms with E-state index in [4.69, 9.17) is 5.11 Å². The van der Waals surface area contributed by atoms with Gasteiger partial charge in [-0.2, -0.15) is 0 Å². The number of hydrogen-bond donors (Lipinski definition) is 1. The summed E-state index contributed by atoms with van der Waals surface area (Å²) in [5, 5.41) is 8.91. The maximum atomic E-state index is 8.91. The zero-order valence-corrected chi connectivity index (χ0v) is 7.73. The van der Waals surface area contributed by atoms with E-state index in [1.165, 1.54) is 19.2 Å². The van der Waals surface area contributed by atoms with Gasteiger partial charge in [0.1, 0.15) is 0 Å². The van der Waals surface area contributed by atoms with Crippen LogP contribution in [0.25, 0.3) is 0 Å². The van der Waals surface area contributed by atoms with Gasteiger partial charge in [-0.3, -0.25) is 0 Å². The molecule has 0 rings (SSSR count). The van der Waals surface area contributed by atoms with E-state index in [2.05, 4.69) is 4.20 Å². The van der Waals surface area contributed by atoms with Gasteiger partial charge in [0.2, 0.25) is 0 Å². The molecule has 1 atom stereocenters. The van der Waals surface area contributed by atoms with Crippen molar-refractivity contribution >= 4 is 0 Å². The summed E-state index contributed by atoms with van der Waals surface area (Å²) < 4.78 is 2.93. The van der Waals surface area contributed by atoms with E-state index in [-0.39, 0.29) is 6.10 Å². The molecule has 0 aromatic carbocycles. The Kier molecular flexibility index (Phi) is 5.42. The van der Waals surface area contributed by atoms with Crippen LogP contribution in [-0.4, -0.2) is 11.2 Å². The van der Waals surface area contributed by atoms with Crippen LogP contribution in [0.15, 0.2) is 12.2 Å². The molecule has 0 aliphatic rings. The second-order valence-electron chi connectivity index (χ2n) is 1.44. The Morgan fingerprint density at radius 3 is 2.88 bits per heavy atom. The van der Waals surface area contributed by atoms with Gasteiger partial charge in [0.05, 0.1) is 0 Å². The molecule has 0 saturated carbocycles. The summed E-state index contributed by atoms with van der Waals surface area (Å²) >= 11 is 1.29. The van der Waals surface area contributed by atoms with E-state index in [0.717, 1.165) is 0 Å². The molecular formula is C6H9OW+. The fourth-order valence-electron chi connectivity index (χ4n) is 0.376. The molecule has 0 aliphatic carbocycles. The summed E-state index contributed by atoms with van der Waals surface area (Å²) in [5.41, 5.74) is 0. The zero-order chi connectivity index (χ0) is 6.41. The summed E-state index contributed by atoms with van der Waals surface area (Å²) in [7, 11) is 0. The molecule has 0 aromatic rings. The van der Waals surface area contributed by atoms with Gasteiger partial charge >= 0.3 is 60.1 Å². The molecule has 0 saturated heterocycles. The molecule has 0 amide bonds. The van der Waals surface area contributed by atoms with E-state index in [9.17, 15) is 0 Å². The summed E-state index contributed by atoms with van der Waals surface area (Å²) in [6, 6.07) is 0. The SMILES string of the molecule is C/C=C/C(O)C[C]#[W+]. The van der Waals surface area contributed by atoms with Crippen LogP contribution in [0, 0.1) is 4.20 Å². The van der Waals surface area contributed by atoms with Crippen molar-refractivity contribution in [3.63, 3.8) is 0 Å². The third-order valence-corrected chi connectivity index (χ3v) is 1.31. The van der Waals surface area contributed by atoms with Crippen molar-refractivity contribution in [1.29, 1.82) is 0 Å². The Balaban J connectivity index is 3.36. The Labute approximate surface area is 60.4 Å². The molecule has 0 bridgehead atoms. The first-order valence-corrected chi connectivity index (χ1v) is 3.93. The maximum absolute atomic E-state index is 8.91. The summed E-state index contributed by atoms with van der Waals surface area (Å²) in [4.78, 5) is 0. The molecular weight excluding hydrogens is 272 g/mol. The second kappa shape index (κ2) is 5.31. The fraction of sp³-hybridized carbons (Fsp3) is 0.500. The van der Waals surface area contributed by atoms with Crippen LogP contribution in [0.1, 0.15) is 13.3 Å². The number of hydrogen-bond acceptors (Lipinski definition) is 1. The van der Waals surface area contributed by atoms with E-state index in [1.807, 2.05) is 13.0 Å². The normalized spacial score (nSPS) is 13.6. The first-order chi connectivity index (χ1) is 3.81. The van der Waals surface area contributed by atoms with Crippen molar-refractivity contribution in [1.82, 2.24) is 0 Å². The Bertz CT molecular complexity index is 112. The number of rotatable bonds is 2. The number of aliphatic hydroxyl groups excluding tert-OH is 1. The Hall–Kier alpha value is 0.168. The average molecular weight is 281 g/mol. The van der Waals surface area contributed by atoms with E-state index in [0.29, 0.717) is 6.42 Å². The van der Waals surface area contributed by atoms with Gasteiger partial charge in [-0.15, -0.1) is 0 Å². The molecule has 1 nitrogen and oxygen atoms in total. The van der Waals surface area contributed by atoms with Crippen LogP contribution in [0.3, 0.4) is 0 Å². The van der Waals surface area contributed by atoms with Gasteiger partial charge in [0.15, 0.2) is 0 Å². The van der Waals surface area contributed by atoms with Crippen molar-refractivity contribution in [2.24, 2.45) is 0 Å². The molecule has 0 spiro atoms. The van der Waals surface area contributed by atoms with Crippen molar-refractivity contribution in [3.8, 4) is 4.20 Å². The van der Waals surface area contributed by atoms with Crippen LogP contribution in [-0.2, 0) is 19.2 Å².